The summed E-state index contributed by atoms with van der Waals surface area (Å²) >= 11 is 0. The number of rotatable bonds is 7. The van der Waals surface area contributed by atoms with Crippen molar-refractivity contribution in [1.82, 2.24) is 14.7 Å². The predicted molar refractivity (Wildman–Crippen MR) is 118 cm³/mol. The zero-order chi connectivity index (χ0) is 21.8. The van der Waals surface area contributed by atoms with E-state index in [2.05, 4.69) is 11.9 Å². The lowest BCUT2D eigenvalue weighted by molar-refractivity contribution is -0.138. The Morgan fingerprint density at radius 2 is 1.48 bits per heavy atom. The second kappa shape index (κ2) is 9.22. The highest BCUT2D eigenvalue weighted by atomic mass is 16.5. The van der Waals surface area contributed by atoms with Gasteiger partial charge in [0.25, 0.3) is 11.8 Å². The van der Waals surface area contributed by atoms with E-state index in [0.29, 0.717) is 17.0 Å². The maximum Gasteiger partial charge on any atom is 0.277 e. The lowest BCUT2D eigenvalue weighted by Crippen LogP contribution is -2.46. The van der Waals surface area contributed by atoms with E-state index >= 15 is 0 Å². The molecule has 2 heterocycles. The lowest BCUT2D eigenvalue weighted by Gasteiger charge is -2.34. The fraction of sp³-hybridized carbons (Fsp3) is 0.333. The first kappa shape index (κ1) is 20.9. The van der Waals surface area contributed by atoms with Crippen LogP contribution in [-0.2, 0) is 9.59 Å². The highest BCUT2D eigenvalue weighted by Gasteiger charge is 2.41. The topological polar surface area (TPSA) is 62.3 Å². The first-order chi connectivity index (χ1) is 15.1. The number of hydrogen-bond donors (Lipinski definition) is 0. The minimum Gasteiger partial charge on any atom is -0.497 e. The zero-order valence-corrected chi connectivity index (χ0v) is 17.9. The summed E-state index contributed by atoms with van der Waals surface area (Å²) in [6, 6.07) is 16.7. The average molecular weight is 421 g/mol. The first-order valence-corrected chi connectivity index (χ1v) is 10.4. The molecule has 0 aromatic heterocycles. The van der Waals surface area contributed by atoms with E-state index in [1.54, 1.807) is 19.2 Å². The number of benzene rings is 2. The molecule has 0 spiro atoms. The first-order valence-electron chi connectivity index (χ1n) is 10.4. The Balaban J connectivity index is 1.51. The van der Waals surface area contributed by atoms with E-state index in [1.807, 2.05) is 47.4 Å². The third-order valence-corrected chi connectivity index (χ3v) is 5.67. The van der Waals surface area contributed by atoms with Crippen molar-refractivity contribution in [2.24, 2.45) is 0 Å². The van der Waals surface area contributed by atoms with Crippen LogP contribution >= 0.6 is 0 Å². The molecule has 7 nitrogen and oxygen atoms in total. The Kier molecular flexibility index (Phi) is 6.23. The molecule has 2 aliphatic heterocycles. The van der Waals surface area contributed by atoms with Crippen molar-refractivity contribution in [1.29, 1.82) is 0 Å². The second-order valence-corrected chi connectivity index (χ2v) is 7.67. The summed E-state index contributed by atoms with van der Waals surface area (Å²) in [6.07, 6.45) is 0. The summed E-state index contributed by atoms with van der Waals surface area (Å²) in [7, 11) is 3.67. The molecule has 0 radical (unpaired) electrons. The maximum atomic E-state index is 13.3. The van der Waals surface area contributed by atoms with Gasteiger partial charge in [-0.05, 0) is 36.9 Å². The molecule has 2 aromatic rings. The van der Waals surface area contributed by atoms with Crippen molar-refractivity contribution in [2.45, 2.75) is 0 Å². The Morgan fingerprint density at radius 3 is 2.13 bits per heavy atom. The Bertz CT molecular complexity index is 964. The van der Waals surface area contributed by atoms with Crippen molar-refractivity contribution in [3.63, 3.8) is 0 Å². The quantitative estimate of drug-likeness (QED) is 0.638. The molecule has 162 valence electrons. The Hall–Kier alpha value is -3.32. The predicted octanol–water partition coefficient (Wildman–Crippen LogP) is 2.10. The van der Waals surface area contributed by atoms with Crippen LogP contribution in [0.4, 0.5) is 0 Å². The molecule has 2 amide bonds. The largest absolute Gasteiger partial charge is 0.497 e. The summed E-state index contributed by atoms with van der Waals surface area (Å²) in [5, 5.41) is 0. The van der Waals surface area contributed by atoms with Gasteiger partial charge >= 0.3 is 0 Å². The van der Waals surface area contributed by atoms with Crippen LogP contribution in [0.2, 0.25) is 0 Å². The number of carbonyl (C=O) groups excluding carboxylic acids is 2. The van der Waals surface area contributed by atoms with E-state index in [0.717, 1.165) is 37.5 Å². The van der Waals surface area contributed by atoms with E-state index < -0.39 is 0 Å². The third kappa shape index (κ3) is 4.41. The number of likely N-dealkylation sites (N-methyl/N-ethyl adjacent to an activating group) is 1. The second-order valence-electron chi connectivity index (χ2n) is 7.67. The maximum absolute atomic E-state index is 13.3. The molecule has 0 N–H and O–H groups in total. The molecule has 1 fully saturated rings. The fourth-order valence-electron chi connectivity index (χ4n) is 3.88. The van der Waals surface area contributed by atoms with Gasteiger partial charge in [0, 0.05) is 26.2 Å². The summed E-state index contributed by atoms with van der Waals surface area (Å²) in [6.45, 7) is 3.56. The van der Waals surface area contributed by atoms with Crippen LogP contribution in [0.15, 0.2) is 60.3 Å². The third-order valence-electron chi connectivity index (χ3n) is 5.67. The van der Waals surface area contributed by atoms with Gasteiger partial charge in [-0.1, -0.05) is 30.3 Å². The van der Waals surface area contributed by atoms with Gasteiger partial charge in [0.1, 0.15) is 23.8 Å². The lowest BCUT2D eigenvalue weighted by atomic mass is 10.0. The van der Waals surface area contributed by atoms with Crippen LogP contribution < -0.4 is 9.47 Å². The van der Waals surface area contributed by atoms with Crippen LogP contribution in [0.3, 0.4) is 0 Å². The van der Waals surface area contributed by atoms with Crippen molar-refractivity contribution in [3.05, 3.63) is 65.9 Å². The van der Waals surface area contributed by atoms with Crippen molar-refractivity contribution < 1.29 is 19.1 Å². The normalized spacial score (nSPS) is 17.5. The van der Waals surface area contributed by atoms with E-state index in [4.69, 9.17) is 9.47 Å². The van der Waals surface area contributed by atoms with E-state index in [-0.39, 0.29) is 25.0 Å². The minimum absolute atomic E-state index is 0.192. The fourth-order valence-corrected chi connectivity index (χ4v) is 3.88. The molecule has 2 aromatic carbocycles. The van der Waals surface area contributed by atoms with Crippen LogP contribution in [0.1, 0.15) is 5.56 Å². The van der Waals surface area contributed by atoms with Gasteiger partial charge in [0.05, 0.1) is 19.2 Å². The minimum atomic E-state index is -0.261. The molecule has 0 aliphatic carbocycles. The van der Waals surface area contributed by atoms with Gasteiger partial charge in [-0.15, -0.1) is 0 Å². The number of imide groups is 1. The molecule has 31 heavy (non-hydrogen) atoms. The SMILES string of the molecule is COc1ccc(OCCN2C(=O)C(c3ccccc3)=C(N3CCN(C)CC3)C2=O)cc1. The number of methoxy groups -OCH3 is 1. The summed E-state index contributed by atoms with van der Waals surface area (Å²) in [4.78, 5) is 32.2. The van der Waals surface area contributed by atoms with E-state index in [1.165, 1.54) is 4.90 Å². The molecule has 1 saturated heterocycles. The number of piperazine rings is 1. The summed E-state index contributed by atoms with van der Waals surface area (Å²) in [5.74, 6) is 0.899. The number of ether oxygens (including phenoxy) is 2. The highest BCUT2D eigenvalue weighted by molar-refractivity contribution is 6.35. The zero-order valence-electron chi connectivity index (χ0n) is 17.9. The number of hydrogen-bond acceptors (Lipinski definition) is 6. The standard InChI is InChI=1S/C24H27N3O4/c1-25-12-14-26(15-13-25)22-21(18-6-4-3-5-7-18)23(28)27(24(22)29)16-17-31-20-10-8-19(30-2)9-11-20/h3-11H,12-17H2,1-2H3. The van der Waals surface area contributed by atoms with Crippen molar-refractivity contribution in [2.75, 3.05) is 53.5 Å². The van der Waals surface area contributed by atoms with E-state index in [9.17, 15) is 9.59 Å². The molecular formula is C24H27N3O4. The van der Waals surface area contributed by atoms with Gasteiger partial charge in [-0.25, -0.2) is 0 Å². The molecule has 0 saturated carbocycles. The molecule has 7 heteroatoms. The van der Waals surface area contributed by atoms with Crippen LogP contribution in [-0.4, -0.2) is 80.0 Å². The number of amides is 2. The van der Waals surface area contributed by atoms with Gasteiger partial charge < -0.3 is 19.3 Å². The average Bonchev–Trinajstić information content (AvgIpc) is 3.05. The van der Waals surface area contributed by atoms with Gasteiger partial charge in [0.15, 0.2) is 0 Å². The van der Waals surface area contributed by atoms with Gasteiger partial charge in [-0.2, -0.15) is 0 Å². The molecule has 0 unspecified atom stereocenters. The molecule has 0 bridgehead atoms. The number of carbonyl (C=O) groups is 2. The van der Waals surface area contributed by atoms with Crippen molar-refractivity contribution >= 4 is 17.4 Å². The van der Waals surface area contributed by atoms with Gasteiger partial charge in [0.2, 0.25) is 0 Å². The molecular weight excluding hydrogens is 394 g/mol. The summed E-state index contributed by atoms with van der Waals surface area (Å²) < 4.78 is 10.9. The summed E-state index contributed by atoms with van der Waals surface area (Å²) in [5.41, 5.74) is 1.77. The molecule has 0 atom stereocenters. The van der Waals surface area contributed by atoms with Crippen LogP contribution in [0.25, 0.3) is 5.57 Å². The molecule has 2 aliphatic rings. The smallest absolute Gasteiger partial charge is 0.277 e. The van der Waals surface area contributed by atoms with Crippen LogP contribution in [0.5, 0.6) is 11.5 Å². The number of nitrogens with zero attached hydrogens (tertiary/aromatic N) is 3. The Morgan fingerprint density at radius 1 is 0.839 bits per heavy atom. The van der Waals surface area contributed by atoms with Crippen LogP contribution in [0, 0.1) is 0 Å². The highest BCUT2D eigenvalue weighted by Crippen LogP contribution is 2.32. The molecule has 4 rings (SSSR count). The monoisotopic (exact) mass is 421 g/mol. The van der Waals surface area contributed by atoms with Gasteiger partial charge in [-0.3, -0.25) is 14.5 Å². The van der Waals surface area contributed by atoms with Crippen molar-refractivity contribution in [3.8, 4) is 11.5 Å². The Labute approximate surface area is 182 Å².